The van der Waals surface area contributed by atoms with Gasteiger partial charge in [0.25, 0.3) is 6.47 Å². The number of anilines is 1. The number of hydrogen-bond acceptors (Lipinski definition) is 5. The highest BCUT2D eigenvalue weighted by Crippen LogP contribution is 2.42. The Labute approximate surface area is 221 Å². The topological polar surface area (TPSA) is 105 Å². The molecule has 2 N–H and O–H groups in total. The molecule has 1 amide bonds. The second-order valence-electron chi connectivity index (χ2n) is 9.99. The van der Waals surface area contributed by atoms with Crippen LogP contribution in [0, 0.1) is 5.92 Å². The fourth-order valence-electron chi connectivity index (χ4n) is 5.83. The number of nitrogens with zero attached hydrogens (tertiary/aromatic N) is 3. The Morgan fingerprint density at radius 1 is 1.22 bits per heavy atom. The van der Waals surface area contributed by atoms with Crippen LogP contribution < -0.4 is 4.90 Å². The molecular formula is C28H34ClN3O5. The van der Waals surface area contributed by atoms with E-state index in [-0.39, 0.29) is 24.6 Å². The largest absolute Gasteiger partial charge is 0.483 e. The van der Waals surface area contributed by atoms with Crippen LogP contribution in [-0.4, -0.2) is 45.5 Å². The first kappa shape index (κ1) is 26.9. The van der Waals surface area contributed by atoms with Crippen molar-refractivity contribution in [3.63, 3.8) is 0 Å². The Hall–Kier alpha value is -3.10. The van der Waals surface area contributed by atoms with Gasteiger partial charge in [-0.2, -0.15) is 0 Å². The first-order valence-electron chi connectivity index (χ1n) is 12.7. The van der Waals surface area contributed by atoms with Gasteiger partial charge in [-0.05, 0) is 68.4 Å². The molecule has 4 unspecified atom stereocenters. The number of halogens is 1. The SMILES string of the molecule is COC(=O)N1c2ccc3c(nc(C(O)c4cccc(Cl)c4)n3C3CCCC(C)C3)c2CCC1C.O=CO. The number of carboxylic acid groups (broad SMARTS) is 1. The molecule has 198 valence electrons. The summed E-state index contributed by atoms with van der Waals surface area (Å²) in [5.41, 5.74) is 4.51. The van der Waals surface area contributed by atoms with Crippen LogP contribution in [-0.2, 0) is 16.0 Å². The number of aliphatic hydroxyl groups excluding tert-OH is 1. The first-order chi connectivity index (χ1) is 17.8. The van der Waals surface area contributed by atoms with Gasteiger partial charge in [0, 0.05) is 22.7 Å². The second-order valence-corrected chi connectivity index (χ2v) is 10.4. The molecule has 5 rings (SSSR count). The van der Waals surface area contributed by atoms with Crippen molar-refractivity contribution >= 4 is 40.9 Å². The number of aryl methyl sites for hydroxylation is 1. The predicted octanol–water partition coefficient (Wildman–Crippen LogP) is 6.13. The third-order valence-electron chi connectivity index (χ3n) is 7.54. The van der Waals surface area contributed by atoms with Gasteiger partial charge in [-0.1, -0.05) is 43.5 Å². The molecule has 1 aliphatic heterocycles. The van der Waals surface area contributed by atoms with Gasteiger partial charge in [-0.25, -0.2) is 9.78 Å². The monoisotopic (exact) mass is 527 g/mol. The van der Waals surface area contributed by atoms with E-state index in [1.54, 1.807) is 11.0 Å². The molecule has 2 aromatic carbocycles. The van der Waals surface area contributed by atoms with Crippen LogP contribution in [0.5, 0.6) is 0 Å². The van der Waals surface area contributed by atoms with E-state index in [4.69, 9.17) is 31.2 Å². The predicted molar refractivity (Wildman–Crippen MR) is 143 cm³/mol. The molecule has 1 fully saturated rings. The number of aromatic nitrogens is 2. The third kappa shape index (κ3) is 5.31. The zero-order valence-electron chi connectivity index (χ0n) is 21.4. The number of amides is 1. The number of carbonyl (C=O) groups excluding carboxylic acids is 1. The van der Waals surface area contributed by atoms with Gasteiger partial charge in [0.05, 0.1) is 23.8 Å². The van der Waals surface area contributed by atoms with Crippen LogP contribution in [0.15, 0.2) is 36.4 Å². The lowest BCUT2D eigenvalue weighted by Gasteiger charge is -2.34. The maximum absolute atomic E-state index is 12.6. The Bertz CT molecular complexity index is 1280. The summed E-state index contributed by atoms with van der Waals surface area (Å²) < 4.78 is 7.34. The zero-order valence-corrected chi connectivity index (χ0v) is 22.2. The quantitative estimate of drug-likeness (QED) is 0.397. The normalized spacial score (nSPS) is 22.0. The number of aliphatic hydroxyl groups is 1. The molecule has 3 aromatic rings. The van der Waals surface area contributed by atoms with Gasteiger partial charge in [0.1, 0.15) is 11.9 Å². The molecule has 1 aliphatic carbocycles. The van der Waals surface area contributed by atoms with Gasteiger partial charge in [-0.15, -0.1) is 0 Å². The van der Waals surface area contributed by atoms with E-state index in [1.807, 2.05) is 31.2 Å². The van der Waals surface area contributed by atoms with E-state index in [0.29, 0.717) is 16.8 Å². The van der Waals surface area contributed by atoms with Crippen molar-refractivity contribution in [1.29, 1.82) is 0 Å². The number of imidazole rings is 1. The fraction of sp³-hybridized carbons (Fsp3) is 0.464. The molecule has 37 heavy (non-hydrogen) atoms. The summed E-state index contributed by atoms with van der Waals surface area (Å²) in [6.45, 7) is 4.09. The molecule has 2 aliphatic rings. The summed E-state index contributed by atoms with van der Waals surface area (Å²) in [4.78, 5) is 27.7. The Morgan fingerprint density at radius 3 is 2.65 bits per heavy atom. The average molecular weight is 528 g/mol. The van der Waals surface area contributed by atoms with E-state index < -0.39 is 6.10 Å². The standard InChI is InChI=1S/C27H32ClN3O3.CH2O2/c1-16-6-4-9-20(14-16)31-23-13-12-22-21(11-10-17(2)30(22)27(33)34-3)24(23)29-26(31)25(32)18-7-5-8-19(28)15-18;2-1-3/h5,7-8,12-13,15-17,20,25,32H,4,6,9-11,14H2,1-3H3;1H,(H,2,3). The van der Waals surface area contributed by atoms with Crippen molar-refractivity contribution in [2.45, 2.75) is 70.6 Å². The highest BCUT2D eigenvalue weighted by atomic mass is 35.5. The summed E-state index contributed by atoms with van der Waals surface area (Å²) in [7, 11) is 1.42. The second kappa shape index (κ2) is 11.5. The van der Waals surface area contributed by atoms with Crippen molar-refractivity contribution in [3.8, 4) is 0 Å². The number of ether oxygens (including phenoxy) is 1. The highest BCUT2D eigenvalue weighted by Gasteiger charge is 2.34. The summed E-state index contributed by atoms with van der Waals surface area (Å²) in [6.07, 6.45) is 4.93. The van der Waals surface area contributed by atoms with Gasteiger partial charge in [-0.3, -0.25) is 9.69 Å². The Balaban J connectivity index is 0.00000102. The molecule has 0 spiro atoms. The van der Waals surface area contributed by atoms with Crippen molar-refractivity contribution in [1.82, 2.24) is 9.55 Å². The Kier molecular flexibility index (Phi) is 8.39. The number of methoxy groups -OCH3 is 1. The van der Waals surface area contributed by atoms with Gasteiger partial charge >= 0.3 is 6.09 Å². The lowest BCUT2D eigenvalue weighted by Crippen LogP contribution is -2.42. The minimum absolute atomic E-state index is 0.0511. The van der Waals surface area contributed by atoms with Crippen LogP contribution >= 0.6 is 11.6 Å². The third-order valence-corrected chi connectivity index (χ3v) is 7.77. The Morgan fingerprint density at radius 2 is 1.97 bits per heavy atom. The summed E-state index contributed by atoms with van der Waals surface area (Å²) in [5, 5.41) is 19.0. The molecular weight excluding hydrogens is 494 g/mol. The maximum Gasteiger partial charge on any atom is 0.414 e. The van der Waals surface area contributed by atoms with Crippen LogP contribution in [0.25, 0.3) is 11.0 Å². The number of hydrogen-bond donors (Lipinski definition) is 2. The lowest BCUT2D eigenvalue weighted by molar-refractivity contribution is -0.122. The minimum Gasteiger partial charge on any atom is -0.483 e. The molecule has 9 heteroatoms. The lowest BCUT2D eigenvalue weighted by atomic mass is 9.86. The highest BCUT2D eigenvalue weighted by molar-refractivity contribution is 6.30. The minimum atomic E-state index is -0.891. The van der Waals surface area contributed by atoms with Gasteiger partial charge in [0.2, 0.25) is 0 Å². The van der Waals surface area contributed by atoms with Gasteiger partial charge in [0.15, 0.2) is 0 Å². The van der Waals surface area contributed by atoms with E-state index in [0.717, 1.165) is 60.0 Å². The van der Waals surface area contributed by atoms with Crippen LogP contribution in [0.3, 0.4) is 0 Å². The molecule has 2 heterocycles. The van der Waals surface area contributed by atoms with Crippen molar-refractivity contribution in [2.24, 2.45) is 5.92 Å². The van der Waals surface area contributed by atoms with E-state index in [1.165, 1.54) is 13.5 Å². The van der Waals surface area contributed by atoms with Crippen LogP contribution in [0.2, 0.25) is 5.02 Å². The van der Waals surface area contributed by atoms with E-state index in [2.05, 4.69) is 17.6 Å². The molecule has 1 saturated carbocycles. The summed E-state index contributed by atoms with van der Waals surface area (Å²) in [6, 6.07) is 11.8. The van der Waals surface area contributed by atoms with E-state index in [9.17, 15) is 9.90 Å². The zero-order chi connectivity index (χ0) is 26.7. The summed E-state index contributed by atoms with van der Waals surface area (Å²) in [5.74, 6) is 1.27. The van der Waals surface area contributed by atoms with Crippen molar-refractivity contribution < 1.29 is 24.5 Å². The molecule has 8 nitrogen and oxygen atoms in total. The number of fused-ring (bicyclic) bond motifs is 3. The van der Waals surface area contributed by atoms with Crippen molar-refractivity contribution in [2.75, 3.05) is 12.0 Å². The number of rotatable bonds is 3. The smallest absolute Gasteiger partial charge is 0.414 e. The van der Waals surface area contributed by atoms with Crippen LogP contribution in [0.4, 0.5) is 10.5 Å². The van der Waals surface area contributed by atoms with Crippen LogP contribution in [0.1, 0.15) is 75.0 Å². The van der Waals surface area contributed by atoms with Gasteiger partial charge < -0.3 is 19.5 Å². The first-order valence-corrected chi connectivity index (χ1v) is 13.1. The molecule has 0 saturated heterocycles. The van der Waals surface area contributed by atoms with Crippen molar-refractivity contribution in [3.05, 3.63) is 58.4 Å². The molecule has 0 bridgehead atoms. The molecule has 4 atom stereocenters. The molecule has 0 radical (unpaired) electrons. The fourth-order valence-corrected chi connectivity index (χ4v) is 6.03. The maximum atomic E-state index is 12.6. The molecule has 1 aromatic heterocycles. The number of benzene rings is 2. The summed E-state index contributed by atoms with van der Waals surface area (Å²) >= 11 is 6.24. The van der Waals surface area contributed by atoms with E-state index >= 15 is 0 Å². The average Bonchev–Trinajstić information content (AvgIpc) is 3.28. The number of carbonyl (C=O) groups is 2.